The van der Waals surface area contributed by atoms with E-state index in [-0.39, 0.29) is 23.8 Å². The van der Waals surface area contributed by atoms with E-state index < -0.39 is 11.2 Å². The highest BCUT2D eigenvalue weighted by molar-refractivity contribution is 5.92. The Morgan fingerprint density at radius 2 is 1.94 bits per heavy atom. The predicted molar refractivity (Wildman–Crippen MR) is 133 cm³/mol. The van der Waals surface area contributed by atoms with E-state index in [2.05, 4.69) is 15.3 Å². The molecule has 1 aromatic carbocycles. The standard InChI is InChI=1S/C26H36FN5O3/c1-17-16-31(22-6-5-18(15-20(22)27)25(2,3)34)13-14-32(17)24-28-12-9-21(30-24)23(33)29-19-7-10-26(4,35)11-8-19/h5-6,9,12,15,17,19,34-35H,7-8,10-11,13-14,16H2,1-4H3,(H,29,33)/t17-,19?,26?/m1/s1. The van der Waals surface area contributed by atoms with Gasteiger partial charge in [0.1, 0.15) is 11.5 Å². The third-order valence-corrected chi connectivity index (χ3v) is 7.15. The number of hydrogen-bond acceptors (Lipinski definition) is 7. The molecule has 2 fully saturated rings. The first-order valence-corrected chi connectivity index (χ1v) is 12.3. The Bertz CT molecular complexity index is 1060. The molecule has 0 spiro atoms. The number of nitrogens with zero attached hydrogens (tertiary/aromatic N) is 4. The van der Waals surface area contributed by atoms with Gasteiger partial charge in [-0.3, -0.25) is 4.79 Å². The average molecular weight is 486 g/mol. The fourth-order valence-corrected chi connectivity index (χ4v) is 4.87. The molecule has 1 saturated carbocycles. The van der Waals surface area contributed by atoms with Gasteiger partial charge in [-0.15, -0.1) is 0 Å². The Kier molecular flexibility index (Phi) is 7.02. The van der Waals surface area contributed by atoms with Crippen LogP contribution in [0, 0.1) is 5.82 Å². The third-order valence-electron chi connectivity index (χ3n) is 7.15. The number of aromatic nitrogens is 2. The highest BCUT2D eigenvalue weighted by atomic mass is 19.1. The molecule has 0 bridgehead atoms. The predicted octanol–water partition coefficient (Wildman–Crippen LogP) is 2.98. The molecule has 0 unspecified atom stereocenters. The van der Waals surface area contributed by atoms with Crippen LogP contribution in [0.3, 0.4) is 0 Å². The molecule has 2 heterocycles. The van der Waals surface area contributed by atoms with Crippen molar-refractivity contribution in [3.63, 3.8) is 0 Å². The van der Waals surface area contributed by atoms with Crippen LogP contribution < -0.4 is 15.1 Å². The Morgan fingerprint density at radius 3 is 2.57 bits per heavy atom. The summed E-state index contributed by atoms with van der Waals surface area (Å²) < 4.78 is 14.8. The van der Waals surface area contributed by atoms with Gasteiger partial charge >= 0.3 is 0 Å². The van der Waals surface area contributed by atoms with E-state index in [1.807, 2.05) is 23.6 Å². The zero-order chi connectivity index (χ0) is 25.4. The maximum absolute atomic E-state index is 14.8. The number of carbonyl (C=O) groups excluding carboxylic acids is 1. The summed E-state index contributed by atoms with van der Waals surface area (Å²) in [6.07, 6.45) is 4.40. The SMILES string of the molecule is C[C@@H]1CN(c2ccc(C(C)(C)O)cc2F)CCN1c1nccc(C(=O)NC2CCC(C)(O)CC2)n1. The van der Waals surface area contributed by atoms with Gasteiger partial charge in [0, 0.05) is 37.9 Å². The topological polar surface area (TPSA) is 102 Å². The van der Waals surface area contributed by atoms with Gasteiger partial charge in [0.15, 0.2) is 0 Å². The van der Waals surface area contributed by atoms with Gasteiger partial charge in [-0.25, -0.2) is 14.4 Å². The number of rotatable bonds is 5. The van der Waals surface area contributed by atoms with Crippen molar-refractivity contribution in [1.82, 2.24) is 15.3 Å². The van der Waals surface area contributed by atoms with Crippen LogP contribution >= 0.6 is 0 Å². The Labute approximate surface area is 206 Å². The lowest BCUT2D eigenvalue weighted by Gasteiger charge is -2.41. The monoisotopic (exact) mass is 485 g/mol. The van der Waals surface area contributed by atoms with Crippen LogP contribution in [0.4, 0.5) is 16.0 Å². The molecule has 1 aliphatic carbocycles. The minimum atomic E-state index is -1.10. The fraction of sp³-hybridized carbons (Fsp3) is 0.577. The number of piperazine rings is 1. The maximum Gasteiger partial charge on any atom is 0.270 e. The van der Waals surface area contributed by atoms with Crippen LogP contribution in [0.5, 0.6) is 0 Å². The van der Waals surface area contributed by atoms with E-state index >= 15 is 0 Å². The maximum atomic E-state index is 14.8. The molecule has 1 saturated heterocycles. The second-order valence-electron chi connectivity index (χ2n) is 10.7. The Balaban J connectivity index is 1.40. The van der Waals surface area contributed by atoms with Crippen LogP contribution in [0.25, 0.3) is 0 Å². The molecule has 190 valence electrons. The quantitative estimate of drug-likeness (QED) is 0.598. The van der Waals surface area contributed by atoms with Crippen molar-refractivity contribution in [3.8, 4) is 0 Å². The molecule has 35 heavy (non-hydrogen) atoms. The normalized spacial score (nSPS) is 25.5. The van der Waals surface area contributed by atoms with Crippen LogP contribution in [-0.4, -0.2) is 63.4 Å². The molecule has 1 amide bonds. The van der Waals surface area contributed by atoms with Crippen LogP contribution in [0.2, 0.25) is 0 Å². The van der Waals surface area contributed by atoms with Gasteiger partial charge in [0.05, 0.1) is 16.9 Å². The Hall–Kier alpha value is -2.78. The van der Waals surface area contributed by atoms with Gasteiger partial charge in [-0.1, -0.05) is 6.07 Å². The zero-order valence-corrected chi connectivity index (χ0v) is 21.0. The molecule has 2 aromatic rings. The molecular weight excluding hydrogens is 449 g/mol. The van der Waals surface area contributed by atoms with E-state index in [0.29, 0.717) is 55.4 Å². The molecule has 9 heteroatoms. The summed E-state index contributed by atoms with van der Waals surface area (Å²) in [5.74, 6) is -0.112. The fourth-order valence-electron chi connectivity index (χ4n) is 4.87. The largest absolute Gasteiger partial charge is 0.390 e. The molecule has 0 radical (unpaired) electrons. The minimum Gasteiger partial charge on any atom is -0.390 e. The lowest BCUT2D eigenvalue weighted by Crippen LogP contribution is -2.53. The molecule has 1 atom stereocenters. The first kappa shape index (κ1) is 25.3. The smallest absolute Gasteiger partial charge is 0.270 e. The van der Waals surface area contributed by atoms with Crippen molar-refractivity contribution in [1.29, 1.82) is 0 Å². The summed E-state index contributed by atoms with van der Waals surface area (Å²) in [4.78, 5) is 25.8. The molecular formula is C26H36FN5O3. The van der Waals surface area contributed by atoms with E-state index in [1.165, 1.54) is 6.07 Å². The van der Waals surface area contributed by atoms with Crippen molar-refractivity contribution < 1.29 is 19.4 Å². The summed E-state index contributed by atoms with van der Waals surface area (Å²) in [7, 11) is 0. The summed E-state index contributed by atoms with van der Waals surface area (Å²) in [5, 5.41) is 23.3. The van der Waals surface area contributed by atoms with Crippen LogP contribution in [0.1, 0.15) is 69.4 Å². The van der Waals surface area contributed by atoms with Gasteiger partial charge in [-0.2, -0.15) is 0 Å². The average Bonchev–Trinajstić information content (AvgIpc) is 2.80. The van der Waals surface area contributed by atoms with Crippen molar-refractivity contribution in [3.05, 3.63) is 47.5 Å². The van der Waals surface area contributed by atoms with E-state index in [1.54, 1.807) is 38.2 Å². The number of anilines is 2. The van der Waals surface area contributed by atoms with Crippen molar-refractivity contribution in [2.24, 2.45) is 0 Å². The van der Waals surface area contributed by atoms with Crippen molar-refractivity contribution in [2.45, 2.75) is 76.7 Å². The number of nitrogens with one attached hydrogen (secondary N) is 1. The number of halogens is 1. The number of hydrogen-bond donors (Lipinski definition) is 3. The van der Waals surface area contributed by atoms with E-state index in [0.717, 1.165) is 12.8 Å². The zero-order valence-electron chi connectivity index (χ0n) is 21.0. The lowest BCUT2D eigenvalue weighted by atomic mass is 9.83. The first-order chi connectivity index (χ1) is 16.4. The number of benzene rings is 1. The van der Waals surface area contributed by atoms with Gasteiger partial charge in [0.25, 0.3) is 5.91 Å². The lowest BCUT2D eigenvalue weighted by molar-refractivity contribution is 0.0140. The highest BCUT2D eigenvalue weighted by Crippen LogP contribution is 2.29. The Morgan fingerprint density at radius 1 is 1.23 bits per heavy atom. The molecule has 1 aliphatic heterocycles. The van der Waals surface area contributed by atoms with Crippen molar-refractivity contribution >= 4 is 17.5 Å². The second-order valence-corrected chi connectivity index (χ2v) is 10.7. The minimum absolute atomic E-state index is 0.00371. The first-order valence-electron chi connectivity index (χ1n) is 12.3. The van der Waals surface area contributed by atoms with E-state index in [9.17, 15) is 19.4 Å². The third kappa shape index (κ3) is 5.90. The van der Waals surface area contributed by atoms with Crippen LogP contribution in [0.15, 0.2) is 30.5 Å². The second kappa shape index (κ2) is 9.70. The summed E-state index contributed by atoms with van der Waals surface area (Å²) in [6.45, 7) is 8.86. The van der Waals surface area contributed by atoms with Crippen molar-refractivity contribution in [2.75, 3.05) is 29.4 Å². The molecule has 2 aliphatic rings. The molecule has 8 nitrogen and oxygen atoms in total. The number of aliphatic hydroxyl groups is 2. The number of amides is 1. The van der Waals surface area contributed by atoms with Gasteiger partial charge in [-0.05, 0) is 77.1 Å². The molecule has 1 aromatic heterocycles. The number of carbonyl (C=O) groups is 1. The van der Waals surface area contributed by atoms with Crippen LogP contribution in [-0.2, 0) is 5.60 Å². The van der Waals surface area contributed by atoms with Gasteiger partial charge in [0.2, 0.25) is 5.95 Å². The highest BCUT2D eigenvalue weighted by Gasteiger charge is 2.31. The summed E-state index contributed by atoms with van der Waals surface area (Å²) >= 11 is 0. The van der Waals surface area contributed by atoms with E-state index in [4.69, 9.17) is 0 Å². The summed E-state index contributed by atoms with van der Waals surface area (Å²) in [6, 6.07) is 6.51. The molecule has 4 rings (SSSR count). The van der Waals surface area contributed by atoms with Gasteiger partial charge < -0.3 is 25.3 Å². The summed E-state index contributed by atoms with van der Waals surface area (Å²) in [5.41, 5.74) is -0.397. The molecule has 3 N–H and O–H groups in total.